The number of nitrogens with zero attached hydrogens (tertiary/aromatic N) is 1. The van der Waals surface area contributed by atoms with Crippen LogP contribution in [0, 0.1) is 6.92 Å². The van der Waals surface area contributed by atoms with Crippen LogP contribution < -0.4 is 4.74 Å². The second kappa shape index (κ2) is 4.53. The first-order valence-electron chi connectivity index (χ1n) is 5.94. The van der Waals surface area contributed by atoms with Crippen molar-refractivity contribution in [2.24, 2.45) is 0 Å². The van der Waals surface area contributed by atoms with Crippen LogP contribution in [0.25, 0.3) is 10.9 Å². The molecule has 0 atom stereocenters. The summed E-state index contributed by atoms with van der Waals surface area (Å²) in [4.78, 5) is 7.63. The van der Waals surface area contributed by atoms with E-state index in [9.17, 15) is 0 Å². The van der Waals surface area contributed by atoms with Gasteiger partial charge in [-0.2, -0.15) is 0 Å². The van der Waals surface area contributed by atoms with Crippen LogP contribution in [0.2, 0.25) is 0 Å². The highest BCUT2D eigenvalue weighted by Crippen LogP contribution is 2.16. The lowest BCUT2D eigenvalue weighted by molar-refractivity contribution is 0.289. The van der Waals surface area contributed by atoms with Gasteiger partial charge in [0, 0.05) is 17.3 Å². The highest BCUT2D eigenvalue weighted by atomic mass is 16.5. The molecular formula is C15H14N2O. The Hall–Kier alpha value is -2.29. The Kier molecular flexibility index (Phi) is 2.73. The van der Waals surface area contributed by atoms with Gasteiger partial charge < -0.3 is 9.72 Å². The average molecular weight is 238 g/mol. The summed E-state index contributed by atoms with van der Waals surface area (Å²) in [5.74, 6) is 0.661. The topological polar surface area (TPSA) is 37.9 Å². The lowest BCUT2D eigenvalue weighted by Crippen LogP contribution is -1.97. The van der Waals surface area contributed by atoms with E-state index in [0.29, 0.717) is 12.5 Å². The molecule has 0 amide bonds. The monoisotopic (exact) mass is 238 g/mol. The molecule has 0 fully saturated rings. The van der Waals surface area contributed by atoms with Gasteiger partial charge in [0.1, 0.15) is 6.61 Å². The number of hydrogen-bond donors (Lipinski definition) is 1. The lowest BCUT2D eigenvalue weighted by atomic mass is 10.2. The molecule has 18 heavy (non-hydrogen) atoms. The van der Waals surface area contributed by atoms with Crippen molar-refractivity contribution >= 4 is 10.9 Å². The summed E-state index contributed by atoms with van der Waals surface area (Å²) < 4.78 is 5.66. The Morgan fingerprint density at radius 2 is 2.00 bits per heavy atom. The molecule has 3 aromatic rings. The molecular weight excluding hydrogens is 224 g/mol. The maximum atomic E-state index is 5.66. The maximum absolute atomic E-state index is 5.66. The van der Waals surface area contributed by atoms with Crippen LogP contribution in [-0.2, 0) is 6.61 Å². The number of pyridine rings is 1. The molecule has 0 unspecified atom stereocenters. The summed E-state index contributed by atoms with van der Waals surface area (Å²) >= 11 is 0. The van der Waals surface area contributed by atoms with Gasteiger partial charge in [-0.1, -0.05) is 24.3 Å². The zero-order valence-electron chi connectivity index (χ0n) is 10.2. The second-order valence-corrected chi connectivity index (χ2v) is 4.29. The summed E-state index contributed by atoms with van der Waals surface area (Å²) in [6.07, 6.45) is 0. The van der Waals surface area contributed by atoms with Crippen molar-refractivity contribution in [3.63, 3.8) is 0 Å². The van der Waals surface area contributed by atoms with Crippen molar-refractivity contribution < 1.29 is 4.74 Å². The lowest BCUT2D eigenvalue weighted by Gasteiger charge is -2.03. The van der Waals surface area contributed by atoms with Gasteiger partial charge in [0.15, 0.2) is 0 Å². The minimum absolute atomic E-state index is 0.505. The Morgan fingerprint density at radius 3 is 2.83 bits per heavy atom. The number of fused-ring (bicyclic) bond motifs is 1. The summed E-state index contributed by atoms with van der Waals surface area (Å²) in [5.41, 5.74) is 3.15. The van der Waals surface area contributed by atoms with Crippen LogP contribution in [0.5, 0.6) is 5.88 Å². The first-order chi connectivity index (χ1) is 8.81. The number of para-hydroxylation sites is 1. The predicted molar refractivity (Wildman–Crippen MR) is 71.6 cm³/mol. The number of aryl methyl sites for hydroxylation is 1. The zero-order valence-corrected chi connectivity index (χ0v) is 10.2. The molecule has 2 aromatic heterocycles. The number of ether oxygens (including phenoxy) is 1. The first-order valence-corrected chi connectivity index (χ1v) is 5.94. The third kappa shape index (κ3) is 2.20. The third-order valence-corrected chi connectivity index (χ3v) is 2.82. The molecule has 0 bridgehead atoms. The van der Waals surface area contributed by atoms with E-state index in [1.807, 2.05) is 37.3 Å². The van der Waals surface area contributed by atoms with Gasteiger partial charge in [-0.15, -0.1) is 0 Å². The van der Waals surface area contributed by atoms with Crippen molar-refractivity contribution in [2.75, 3.05) is 0 Å². The van der Waals surface area contributed by atoms with Gasteiger partial charge in [-0.3, -0.25) is 0 Å². The molecule has 3 rings (SSSR count). The maximum Gasteiger partial charge on any atom is 0.213 e. The molecule has 0 spiro atoms. The molecule has 3 nitrogen and oxygen atoms in total. The first kappa shape index (κ1) is 10.8. The van der Waals surface area contributed by atoms with Crippen LogP contribution in [0.3, 0.4) is 0 Å². The molecule has 0 saturated heterocycles. The van der Waals surface area contributed by atoms with Crippen LogP contribution in [-0.4, -0.2) is 9.97 Å². The smallest absolute Gasteiger partial charge is 0.213 e. The van der Waals surface area contributed by atoms with Gasteiger partial charge in [0.25, 0.3) is 0 Å². The van der Waals surface area contributed by atoms with Crippen LogP contribution >= 0.6 is 0 Å². The fourth-order valence-corrected chi connectivity index (χ4v) is 1.96. The Labute approximate surface area is 105 Å². The molecule has 0 radical (unpaired) electrons. The van der Waals surface area contributed by atoms with E-state index in [-0.39, 0.29) is 0 Å². The Morgan fingerprint density at radius 1 is 1.11 bits per heavy atom. The second-order valence-electron chi connectivity index (χ2n) is 4.29. The highest BCUT2D eigenvalue weighted by molar-refractivity contribution is 5.80. The molecule has 1 aromatic carbocycles. The van der Waals surface area contributed by atoms with Crippen molar-refractivity contribution in [1.82, 2.24) is 9.97 Å². The van der Waals surface area contributed by atoms with E-state index in [1.54, 1.807) is 0 Å². The summed E-state index contributed by atoms with van der Waals surface area (Å²) in [5, 5.41) is 1.20. The summed E-state index contributed by atoms with van der Waals surface area (Å²) in [6, 6.07) is 16.1. The van der Waals surface area contributed by atoms with E-state index >= 15 is 0 Å². The van der Waals surface area contributed by atoms with Crippen molar-refractivity contribution in [1.29, 1.82) is 0 Å². The van der Waals surface area contributed by atoms with Crippen molar-refractivity contribution in [3.8, 4) is 5.88 Å². The highest BCUT2D eigenvalue weighted by Gasteiger charge is 2.01. The Balaban J connectivity index is 1.76. The molecule has 1 N–H and O–H groups in total. The number of H-pyrrole nitrogens is 1. The number of hydrogen-bond acceptors (Lipinski definition) is 2. The molecule has 0 aliphatic carbocycles. The van der Waals surface area contributed by atoms with Crippen LogP contribution in [0.4, 0.5) is 0 Å². The minimum Gasteiger partial charge on any atom is -0.471 e. The van der Waals surface area contributed by atoms with E-state index in [2.05, 4.69) is 28.2 Å². The fraction of sp³-hybridized carbons (Fsp3) is 0.133. The normalized spacial score (nSPS) is 10.7. The molecule has 2 heterocycles. The van der Waals surface area contributed by atoms with Gasteiger partial charge in [0.05, 0.1) is 5.69 Å². The quantitative estimate of drug-likeness (QED) is 0.759. The van der Waals surface area contributed by atoms with E-state index in [4.69, 9.17) is 4.74 Å². The van der Waals surface area contributed by atoms with Gasteiger partial charge in [-0.05, 0) is 30.5 Å². The van der Waals surface area contributed by atoms with E-state index in [0.717, 1.165) is 16.9 Å². The molecule has 0 aliphatic heterocycles. The predicted octanol–water partition coefficient (Wildman–Crippen LogP) is 3.45. The molecule has 0 aliphatic rings. The van der Waals surface area contributed by atoms with Crippen LogP contribution in [0.1, 0.15) is 11.4 Å². The van der Waals surface area contributed by atoms with Crippen molar-refractivity contribution in [3.05, 3.63) is 59.9 Å². The summed E-state index contributed by atoms with van der Waals surface area (Å²) in [7, 11) is 0. The number of rotatable bonds is 3. The molecule has 90 valence electrons. The molecule has 0 saturated carbocycles. The van der Waals surface area contributed by atoms with Gasteiger partial charge >= 0.3 is 0 Å². The van der Waals surface area contributed by atoms with Crippen LogP contribution in [0.15, 0.2) is 48.5 Å². The van der Waals surface area contributed by atoms with E-state index in [1.165, 1.54) is 5.39 Å². The zero-order chi connectivity index (χ0) is 12.4. The SMILES string of the molecule is Cc1cccc(OCc2cc3ccccc3[nH]2)n1. The van der Waals surface area contributed by atoms with Gasteiger partial charge in [0.2, 0.25) is 5.88 Å². The largest absolute Gasteiger partial charge is 0.471 e. The van der Waals surface area contributed by atoms with Crippen molar-refractivity contribution in [2.45, 2.75) is 13.5 Å². The fourth-order valence-electron chi connectivity index (χ4n) is 1.96. The number of nitrogens with one attached hydrogen (secondary N) is 1. The summed E-state index contributed by atoms with van der Waals surface area (Å²) in [6.45, 7) is 2.46. The standard InChI is InChI=1S/C15H14N2O/c1-11-5-4-8-15(16-11)18-10-13-9-12-6-2-3-7-14(12)17-13/h2-9,17H,10H2,1H3. The van der Waals surface area contributed by atoms with Gasteiger partial charge in [-0.25, -0.2) is 4.98 Å². The number of benzene rings is 1. The molecule has 3 heteroatoms. The third-order valence-electron chi connectivity index (χ3n) is 2.82. The number of aromatic amines is 1. The number of aromatic nitrogens is 2. The Bertz CT molecular complexity index is 640. The van der Waals surface area contributed by atoms with E-state index < -0.39 is 0 Å². The average Bonchev–Trinajstić information content (AvgIpc) is 2.79. The minimum atomic E-state index is 0.505.